The van der Waals surface area contributed by atoms with Crippen LogP contribution in [0.2, 0.25) is 0 Å². The molecule has 0 unspecified atom stereocenters. The molecule has 0 atom stereocenters. The maximum atomic E-state index is 13.3. The van der Waals surface area contributed by atoms with Gasteiger partial charge in [-0.2, -0.15) is 10.1 Å². The van der Waals surface area contributed by atoms with Crippen LogP contribution in [0.3, 0.4) is 0 Å². The lowest BCUT2D eigenvalue weighted by molar-refractivity contribution is -0.0361. The summed E-state index contributed by atoms with van der Waals surface area (Å²) < 4.78 is 28.3. The van der Waals surface area contributed by atoms with Crippen LogP contribution in [0, 0.1) is 13.8 Å². The van der Waals surface area contributed by atoms with Gasteiger partial charge in [0, 0.05) is 36.0 Å². The number of rotatable bonds is 4. The zero-order valence-electron chi connectivity index (χ0n) is 13.7. The van der Waals surface area contributed by atoms with E-state index in [4.69, 9.17) is 0 Å². The van der Waals surface area contributed by atoms with Gasteiger partial charge in [0.25, 0.3) is 5.95 Å². The van der Waals surface area contributed by atoms with Crippen molar-refractivity contribution in [3.05, 3.63) is 29.2 Å². The number of aromatic nitrogens is 4. The average Bonchev–Trinajstić information content (AvgIpc) is 2.88. The predicted molar refractivity (Wildman–Crippen MR) is 92.1 cm³/mol. The van der Waals surface area contributed by atoms with Gasteiger partial charge in [0.1, 0.15) is 5.82 Å². The molecule has 2 heterocycles. The van der Waals surface area contributed by atoms with Crippen LogP contribution in [0.5, 0.6) is 0 Å². The molecule has 1 saturated carbocycles. The third-order valence-electron chi connectivity index (χ3n) is 4.17. The van der Waals surface area contributed by atoms with Crippen molar-refractivity contribution in [2.24, 2.45) is 0 Å². The molecule has 0 bridgehead atoms. The number of nitrogens with one attached hydrogen (secondary N) is 1. The molecule has 8 heteroatoms. The molecule has 2 aromatic heterocycles. The van der Waals surface area contributed by atoms with Crippen LogP contribution in [-0.2, 0) is 5.33 Å². The fraction of sp³-hybridized carbons (Fsp3) is 0.562. The van der Waals surface area contributed by atoms with Crippen LogP contribution in [0.15, 0.2) is 12.1 Å². The van der Waals surface area contributed by atoms with E-state index in [1.54, 1.807) is 4.68 Å². The van der Waals surface area contributed by atoms with E-state index in [-0.39, 0.29) is 18.9 Å². The van der Waals surface area contributed by atoms with Crippen molar-refractivity contribution >= 4 is 21.7 Å². The van der Waals surface area contributed by atoms with Crippen molar-refractivity contribution < 1.29 is 8.78 Å². The molecular weight excluding hydrogens is 380 g/mol. The summed E-state index contributed by atoms with van der Waals surface area (Å²) in [6, 6.07) is 3.81. The Balaban J connectivity index is 1.83. The lowest BCUT2D eigenvalue weighted by Gasteiger charge is -2.29. The van der Waals surface area contributed by atoms with E-state index in [1.165, 1.54) is 0 Å². The van der Waals surface area contributed by atoms with Crippen LogP contribution in [0.4, 0.5) is 14.6 Å². The van der Waals surface area contributed by atoms with Gasteiger partial charge in [0.2, 0.25) is 5.92 Å². The third kappa shape index (κ3) is 3.91. The first-order valence-corrected chi connectivity index (χ1v) is 9.10. The molecular formula is C16H20BrF2N5. The van der Waals surface area contributed by atoms with E-state index in [1.807, 2.05) is 26.0 Å². The normalized spacial score (nSPS) is 17.9. The van der Waals surface area contributed by atoms with Crippen molar-refractivity contribution in [3.8, 4) is 5.95 Å². The molecule has 0 spiro atoms. The van der Waals surface area contributed by atoms with E-state index in [0.29, 0.717) is 29.9 Å². The van der Waals surface area contributed by atoms with E-state index < -0.39 is 5.92 Å². The highest BCUT2D eigenvalue weighted by Crippen LogP contribution is 2.34. The summed E-state index contributed by atoms with van der Waals surface area (Å²) in [6.45, 7) is 3.86. The van der Waals surface area contributed by atoms with Gasteiger partial charge in [-0.25, -0.2) is 18.4 Å². The second kappa shape index (κ2) is 6.74. The van der Waals surface area contributed by atoms with Crippen LogP contribution in [-0.4, -0.2) is 31.7 Å². The standard InChI is InChI=1S/C16H20BrF2N5/c1-10-7-11(2)24(23-10)15-21-13(9-17)8-14(22-15)20-12-3-5-16(18,19)6-4-12/h7-8,12H,3-6,9H2,1-2H3,(H,20,21,22). The number of aryl methyl sites for hydroxylation is 2. The average molecular weight is 400 g/mol. The first-order valence-electron chi connectivity index (χ1n) is 7.98. The highest BCUT2D eigenvalue weighted by Gasteiger charge is 2.35. The summed E-state index contributed by atoms with van der Waals surface area (Å²) in [7, 11) is 0. The summed E-state index contributed by atoms with van der Waals surface area (Å²) in [5, 5.41) is 8.28. The zero-order chi connectivity index (χ0) is 17.3. The minimum Gasteiger partial charge on any atom is -0.367 e. The molecule has 0 radical (unpaired) electrons. The van der Waals surface area contributed by atoms with Crippen LogP contribution in [0.25, 0.3) is 5.95 Å². The molecule has 1 N–H and O–H groups in total. The van der Waals surface area contributed by atoms with Gasteiger partial charge in [-0.05, 0) is 32.8 Å². The van der Waals surface area contributed by atoms with Crippen molar-refractivity contribution in [1.82, 2.24) is 19.7 Å². The predicted octanol–water partition coefficient (Wildman–Crippen LogP) is 4.16. The first kappa shape index (κ1) is 17.3. The Morgan fingerprint density at radius 1 is 1.25 bits per heavy atom. The third-order valence-corrected chi connectivity index (χ3v) is 4.75. The van der Waals surface area contributed by atoms with Gasteiger partial charge in [0.05, 0.1) is 11.4 Å². The van der Waals surface area contributed by atoms with Crippen LogP contribution < -0.4 is 5.32 Å². The van der Waals surface area contributed by atoms with Gasteiger partial charge in [-0.1, -0.05) is 15.9 Å². The molecule has 130 valence electrons. The van der Waals surface area contributed by atoms with Crippen LogP contribution >= 0.6 is 15.9 Å². The molecule has 5 nitrogen and oxygen atoms in total. The monoisotopic (exact) mass is 399 g/mol. The SMILES string of the molecule is Cc1cc(C)n(-c2nc(CBr)cc(NC3CCC(F)(F)CC3)n2)n1. The fourth-order valence-electron chi connectivity index (χ4n) is 2.95. The Morgan fingerprint density at radius 2 is 1.96 bits per heavy atom. The van der Waals surface area contributed by atoms with E-state index >= 15 is 0 Å². The zero-order valence-corrected chi connectivity index (χ0v) is 15.3. The van der Waals surface area contributed by atoms with E-state index in [9.17, 15) is 8.78 Å². The second-order valence-electron chi connectivity index (χ2n) is 6.29. The van der Waals surface area contributed by atoms with Gasteiger partial charge in [0.15, 0.2) is 0 Å². The van der Waals surface area contributed by atoms with Crippen molar-refractivity contribution in [1.29, 1.82) is 0 Å². The van der Waals surface area contributed by atoms with Gasteiger partial charge in [-0.3, -0.25) is 0 Å². The summed E-state index contributed by atoms with van der Waals surface area (Å²) in [5.74, 6) is -1.39. The molecule has 1 aliphatic rings. The molecule has 3 rings (SSSR count). The van der Waals surface area contributed by atoms with Crippen molar-refractivity contribution in [3.63, 3.8) is 0 Å². The summed E-state index contributed by atoms with van der Waals surface area (Å²) in [4.78, 5) is 9.02. The molecule has 0 aromatic carbocycles. The number of nitrogens with zero attached hydrogens (tertiary/aromatic N) is 4. The number of hydrogen-bond donors (Lipinski definition) is 1. The van der Waals surface area contributed by atoms with Crippen molar-refractivity contribution in [2.75, 3.05) is 5.32 Å². The molecule has 0 saturated heterocycles. The second-order valence-corrected chi connectivity index (χ2v) is 6.85. The summed E-state index contributed by atoms with van der Waals surface area (Å²) in [6.07, 6.45) is 0.725. The first-order chi connectivity index (χ1) is 11.4. The largest absolute Gasteiger partial charge is 0.367 e. The Labute approximate surface area is 148 Å². The minimum atomic E-state index is -2.53. The van der Waals surface area contributed by atoms with Gasteiger partial charge >= 0.3 is 0 Å². The Kier molecular flexibility index (Phi) is 4.85. The highest BCUT2D eigenvalue weighted by molar-refractivity contribution is 9.08. The van der Waals surface area contributed by atoms with Gasteiger partial charge in [-0.15, -0.1) is 0 Å². The topological polar surface area (TPSA) is 55.6 Å². The maximum absolute atomic E-state index is 13.3. The number of hydrogen-bond acceptors (Lipinski definition) is 4. The minimum absolute atomic E-state index is 0.0102. The lowest BCUT2D eigenvalue weighted by atomic mass is 9.92. The smallest absolute Gasteiger partial charge is 0.252 e. The summed E-state index contributed by atoms with van der Waals surface area (Å²) in [5.41, 5.74) is 2.66. The number of anilines is 1. The summed E-state index contributed by atoms with van der Waals surface area (Å²) >= 11 is 3.42. The Bertz CT molecular complexity index is 721. The Hall–Kier alpha value is -1.57. The number of alkyl halides is 3. The van der Waals surface area contributed by atoms with Crippen molar-refractivity contribution in [2.45, 2.75) is 56.8 Å². The van der Waals surface area contributed by atoms with E-state index in [2.05, 4.69) is 36.3 Å². The molecule has 2 aromatic rings. The molecule has 1 aliphatic carbocycles. The van der Waals surface area contributed by atoms with Crippen LogP contribution in [0.1, 0.15) is 42.8 Å². The molecule has 0 aliphatic heterocycles. The molecule has 1 fully saturated rings. The fourth-order valence-corrected chi connectivity index (χ4v) is 3.23. The molecule has 24 heavy (non-hydrogen) atoms. The van der Waals surface area contributed by atoms with Gasteiger partial charge < -0.3 is 5.32 Å². The lowest BCUT2D eigenvalue weighted by Crippen LogP contribution is -2.32. The Morgan fingerprint density at radius 3 is 2.54 bits per heavy atom. The number of halogens is 3. The van der Waals surface area contributed by atoms with E-state index in [0.717, 1.165) is 17.1 Å². The maximum Gasteiger partial charge on any atom is 0.252 e. The quantitative estimate of drug-likeness (QED) is 0.783. The molecule has 0 amide bonds. The highest BCUT2D eigenvalue weighted by atomic mass is 79.9.